The lowest BCUT2D eigenvalue weighted by molar-refractivity contribution is -0.173. The Morgan fingerprint density at radius 2 is 2.13 bits per heavy atom. The van der Waals surface area contributed by atoms with Gasteiger partial charge in [0.1, 0.15) is 0 Å². The number of benzene rings is 2. The second kappa shape index (κ2) is 7.76. The van der Waals surface area contributed by atoms with Crippen LogP contribution in [0.1, 0.15) is 66.7 Å². The third-order valence-corrected chi connectivity index (χ3v) is 10.1. The van der Waals surface area contributed by atoms with E-state index in [9.17, 15) is 10.2 Å². The van der Waals surface area contributed by atoms with Gasteiger partial charge in [-0.3, -0.25) is 9.89 Å². The summed E-state index contributed by atoms with van der Waals surface area (Å²) in [5, 5.41) is 25.0. The quantitative estimate of drug-likeness (QED) is 0.296. The summed E-state index contributed by atoms with van der Waals surface area (Å²) in [6, 6.07) is 10.3. The van der Waals surface area contributed by atoms with Gasteiger partial charge < -0.3 is 25.7 Å². The standard InChI is InChI=1S/C31H36N4O3/c1-2-10-33-25(32)13-18-5-7-22-20(12-18)21-15-31(37)24-14-19-6-8-23(36)28-26(19)30(31,29(38-28)27(21)34-22)9-11-35(24)16-17-3-4-17/h5-8,12,17,24,29,34,36-37H,2-4,9-11,13-16H2,1H3,(H2,32,33)/t24-,29+,30+,31-/m1/s1. The minimum absolute atomic E-state index is 0.0315. The molecule has 3 heterocycles. The molecule has 1 spiro atoms. The summed E-state index contributed by atoms with van der Waals surface area (Å²) in [7, 11) is 0. The van der Waals surface area contributed by atoms with Crippen LogP contribution in [0.2, 0.25) is 0 Å². The van der Waals surface area contributed by atoms with Gasteiger partial charge in [0.05, 0.1) is 22.5 Å². The normalized spacial score (nSPS) is 31.3. The van der Waals surface area contributed by atoms with Gasteiger partial charge in [-0.2, -0.15) is 0 Å². The van der Waals surface area contributed by atoms with Crippen molar-refractivity contribution in [2.75, 3.05) is 19.6 Å². The number of aromatic nitrogens is 1. The molecule has 1 saturated carbocycles. The van der Waals surface area contributed by atoms with Crippen molar-refractivity contribution in [3.8, 4) is 11.5 Å². The lowest BCUT2D eigenvalue weighted by Crippen LogP contribution is -2.74. The number of rotatable bonds is 6. The SMILES string of the molecule is CCCN=C(N)Cc1ccc2[nH]c3c(c2c1)C[C@@]1(O)[C@H]2Cc4ccc(O)c5c4[C@@]1(CCN2CC1CC1)[C@H]3O5. The maximum atomic E-state index is 13.0. The Morgan fingerprint density at radius 3 is 2.95 bits per heavy atom. The van der Waals surface area contributed by atoms with Crippen LogP contribution >= 0.6 is 0 Å². The Kier molecular flexibility index (Phi) is 4.68. The van der Waals surface area contributed by atoms with Crippen molar-refractivity contribution in [2.45, 2.75) is 75.0 Å². The molecule has 0 unspecified atom stereocenters. The molecule has 0 radical (unpaired) electrons. The van der Waals surface area contributed by atoms with E-state index in [0.29, 0.717) is 24.4 Å². The number of hydrogen-bond donors (Lipinski definition) is 4. The summed E-state index contributed by atoms with van der Waals surface area (Å²) < 4.78 is 6.70. The minimum atomic E-state index is -0.976. The van der Waals surface area contributed by atoms with Crippen LogP contribution in [0.15, 0.2) is 35.3 Å². The van der Waals surface area contributed by atoms with E-state index in [1.54, 1.807) is 6.07 Å². The van der Waals surface area contributed by atoms with E-state index in [-0.39, 0.29) is 17.9 Å². The number of nitrogens with two attached hydrogens (primary N) is 1. The number of amidine groups is 1. The van der Waals surface area contributed by atoms with Gasteiger partial charge in [0.2, 0.25) is 0 Å². The van der Waals surface area contributed by atoms with Crippen LogP contribution in [0.4, 0.5) is 0 Å². The predicted molar refractivity (Wildman–Crippen MR) is 147 cm³/mol. The highest BCUT2D eigenvalue weighted by Crippen LogP contribution is 2.69. The van der Waals surface area contributed by atoms with Crippen LogP contribution in [0.3, 0.4) is 0 Å². The zero-order valence-electron chi connectivity index (χ0n) is 22.0. The third kappa shape index (κ3) is 2.89. The number of ether oxygens (including phenoxy) is 1. The Balaban J connectivity index is 1.29. The van der Waals surface area contributed by atoms with Crippen LogP contribution in [-0.4, -0.2) is 57.2 Å². The van der Waals surface area contributed by atoms with Crippen molar-refractivity contribution < 1.29 is 14.9 Å². The summed E-state index contributed by atoms with van der Waals surface area (Å²) in [6.07, 6.45) is 6.03. The second-order valence-electron chi connectivity index (χ2n) is 12.4. The molecule has 0 amide bonds. The van der Waals surface area contributed by atoms with Gasteiger partial charge in [0, 0.05) is 48.4 Å². The van der Waals surface area contributed by atoms with Crippen molar-refractivity contribution in [1.82, 2.24) is 9.88 Å². The third-order valence-electron chi connectivity index (χ3n) is 10.1. The first-order chi connectivity index (χ1) is 18.4. The summed E-state index contributed by atoms with van der Waals surface area (Å²) >= 11 is 0. The number of piperidine rings is 1. The Morgan fingerprint density at radius 1 is 1.26 bits per heavy atom. The predicted octanol–water partition coefficient (Wildman–Crippen LogP) is 3.88. The second-order valence-corrected chi connectivity index (χ2v) is 12.4. The average Bonchev–Trinajstić information content (AvgIpc) is 3.54. The summed E-state index contributed by atoms with van der Waals surface area (Å²) in [5.74, 6) is 2.17. The number of aromatic amines is 1. The van der Waals surface area contributed by atoms with E-state index in [0.717, 1.165) is 78.1 Å². The van der Waals surface area contributed by atoms with Gasteiger partial charge in [0.15, 0.2) is 17.6 Å². The van der Waals surface area contributed by atoms with E-state index in [1.807, 2.05) is 0 Å². The fourth-order valence-electron chi connectivity index (χ4n) is 8.30. The molecule has 2 aliphatic heterocycles. The van der Waals surface area contributed by atoms with Crippen molar-refractivity contribution in [3.63, 3.8) is 0 Å². The molecule has 5 N–H and O–H groups in total. The minimum Gasteiger partial charge on any atom is -0.504 e. The zero-order chi connectivity index (χ0) is 25.8. The number of aromatic hydroxyl groups is 1. The van der Waals surface area contributed by atoms with Crippen molar-refractivity contribution >= 4 is 16.7 Å². The summed E-state index contributed by atoms with van der Waals surface area (Å²) in [4.78, 5) is 10.8. The molecule has 7 heteroatoms. The van der Waals surface area contributed by atoms with E-state index in [1.165, 1.54) is 18.4 Å². The summed E-state index contributed by atoms with van der Waals surface area (Å²) in [6.45, 7) is 4.87. The molecular weight excluding hydrogens is 476 g/mol. The van der Waals surface area contributed by atoms with E-state index in [4.69, 9.17) is 10.5 Å². The largest absolute Gasteiger partial charge is 0.504 e. The molecular formula is C31H36N4O3. The van der Waals surface area contributed by atoms with Gasteiger partial charge in [-0.1, -0.05) is 19.1 Å². The number of phenolic OH excluding ortho intramolecular Hbond substituents is 1. The molecule has 4 atom stereocenters. The van der Waals surface area contributed by atoms with Gasteiger partial charge in [-0.15, -0.1) is 0 Å². The number of likely N-dealkylation sites (tertiary alicyclic amines) is 1. The van der Waals surface area contributed by atoms with E-state index >= 15 is 0 Å². The lowest BCUT2D eigenvalue weighted by Gasteiger charge is -2.62. The maximum absolute atomic E-state index is 13.0. The first-order valence-electron chi connectivity index (χ1n) is 14.3. The Labute approximate surface area is 222 Å². The molecule has 1 aromatic heterocycles. The molecule has 2 fully saturated rings. The van der Waals surface area contributed by atoms with Crippen molar-refractivity contribution in [1.29, 1.82) is 0 Å². The number of aliphatic imine (C=N–C) groups is 1. The van der Waals surface area contributed by atoms with Crippen LogP contribution in [0, 0.1) is 5.92 Å². The van der Waals surface area contributed by atoms with Crippen LogP contribution in [0.25, 0.3) is 10.9 Å². The summed E-state index contributed by atoms with van der Waals surface area (Å²) in [5.41, 5.74) is 11.3. The van der Waals surface area contributed by atoms with Crippen molar-refractivity contribution in [2.24, 2.45) is 16.6 Å². The Bertz CT molecular complexity index is 1510. The van der Waals surface area contributed by atoms with Crippen molar-refractivity contribution in [3.05, 3.63) is 58.3 Å². The highest BCUT2D eigenvalue weighted by atomic mass is 16.5. The first kappa shape index (κ1) is 22.9. The smallest absolute Gasteiger partial charge is 0.166 e. The van der Waals surface area contributed by atoms with E-state index in [2.05, 4.69) is 46.1 Å². The lowest BCUT2D eigenvalue weighted by atomic mass is 9.49. The molecule has 8 rings (SSSR count). The number of aliphatic hydroxyl groups is 1. The van der Waals surface area contributed by atoms with Crippen LogP contribution in [0.5, 0.6) is 11.5 Å². The molecule has 2 aromatic carbocycles. The number of nitrogens with zero attached hydrogens (tertiary/aromatic N) is 2. The molecule has 3 aromatic rings. The average molecular weight is 513 g/mol. The maximum Gasteiger partial charge on any atom is 0.166 e. The molecule has 38 heavy (non-hydrogen) atoms. The fraction of sp³-hybridized carbons (Fsp3) is 0.516. The number of H-pyrrole nitrogens is 1. The highest BCUT2D eigenvalue weighted by Gasteiger charge is 2.72. The molecule has 1 saturated heterocycles. The molecule has 5 aliphatic rings. The molecule has 7 nitrogen and oxygen atoms in total. The first-order valence-corrected chi connectivity index (χ1v) is 14.3. The van der Waals surface area contributed by atoms with E-state index < -0.39 is 11.0 Å². The topological polar surface area (TPSA) is 107 Å². The number of nitrogens with one attached hydrogen (secondary N) is 1. The Hall–Kier alpha value is -3.03. The van der Waals surface area contributed by atoms with Gasteiger partial charge in [-0.05, 0) is 79.5 Å². The van der Waals surface area contributed by atoms with Gasteiger partial charge >= 0.3 is 0 Å². The number of hydrogen-bond acceptors (Lipinski definition) is 5. The van der Waals surface area contributed by atoms with Crippen LogP contribution in [-0.2, 0) is 24.7 Å². The number of phenols is 1. The number of fused-ring (bicyclic) bond motifs is 4. The molecule has 198 valence electrons. The fourth-order valence-corrected chi connectivity index (χ4v) is 8.30. The zero-order valence-corrected chi connectivity index (χ0v) is 22.0. The van der Waals surface area contributed by atoms with Crippen LogP contribution < -0.4 is 10.5 Å². The van der Waals surface area contributed by atoms with Gasteiger partial charge in [0.25, 0.3) is 0 Å². The monoisotopic (exact) mass is 512 g/mol. The highest BCUT2D eigenvalue weighted by molar-refractivity contribution is 5.89. The van der Waals surface area contributed by atoms with Gasteiger partial charge in [-0.25, -0.2) is 0 Å². The molecule has 2 bridgehead atoms. The molecule has 3 aliphatic carbocycles.